The van der Waals surface area contributed by atoms with E-state index in [1.54, 1.807) is 0 Å². The third-order valence-corrected chi connectivity index (χ3v) is 5.53. The Morgan fingerprint density at radius 2 is 1.85 bits per heavy atom. The Bertz CT molecular complexity index is 1260. The minimum absolute atomic E-state index is 0.0819. The van der Waals surface area contributed by atoms with Gasteiger partial charge in [0.2, 0.25) is 5.91 Å². The summed E-state index contributed by atoms with van der Waals surface area (Å²) in [7, 11) is 1.34. The number of amides is 1. The summed E-state index contributed by atoms with van der Waals surface area (Å²) in [5, 5.41) is 2.84. The second-order valence-corrected chi connectivity index (χ2v) is 8.14. The van der Waals surface area contributed by atoms with Gasteiger partial charge < -0.3 is 15.0 Å². The lowest BCUT2D eigenvalue weighted by molar-refractivity contribution is -0.122. The fraction of sp³-hybridized carbons (Fsp3) is 0.375. The van der Waals surface area contributed by atoms with Gasteiger partial charge in [-0.25, -0.2) is 18.0 Å². The molecule has 0 bridgehead atoms. The lowest BCUT2D eigenvalue weighted by Gasteiger charge is -2.13. The van der Waals surface area contributed by atoms with E-state index in [4.69, 9.17) is 4.74 Å². The van der Waals surface area contributed by atoms with Gasteiger partial charge in [0.25, 0.3) is 5.56 Å². The van der Waals surface area contributed by atoms with E-state index in [9.17, 15) is 27.6 Å². The van der Waals surface area contributed by atoms with E-state index in [1.807, 2.05) is 0 Å². The van der Waals surface area contributed by atoms with E-state index >= 15 is 0 Å². The molecule has 1 aliphatic heterocycles. The van der Waals surface area contributed by atoms with Crippen molar-refractivity contribution in [2.24, 2.45) is 13.0 Å². The number of carbonyl (C=O) groups excluding carboxylic acids is 1. The highest BCUT2D eigenvalue weighted by Gasteiger charge is 2.16. The number of hydrogen-bond acceptors (Lipinski definition) is 4. The van der Waals surface area contributed by atoms with E-state index in [0.29, 0.717) is 18.5 Å². The number of aromatic amines is 1. The molecule has 0 saturated carbocycles. The molecule has 7 nitrogen and oxygen atoms in total. The molecule has 2 N–H and O–H groups in total. The molecule has 182 valence electrons. The molecule has 1 unspecified atom stereocenters. The van der Waals surface area contributed by atoms with Crippen LogP contribution in [0.1, 0.15) is 31.2 Å². The summed E-state index contributed by atoms with van der Waals surface area (Å²) >= 11 is 0. The highest BCUT2D eigenvalue weighted by atomic mass is 19.1. The summed E-state index contributed by atoms with van der Waals surface area (Å²) < 4.78 is 45.3. The molecule has 4 rings (SSSR count). The number of benzene rings is 2. The largest absolute Gasteiger partial charge is 0.381 e. The topological polar surface area (TPSA) is 93.2 Å². The number of halogens is 3. The highest BCUT2D eigenvalue weighted by molar-refractivity contribution is 5.77. The van der Waals surface area contributed by atoms with Gasteiger partial charge in [0.1, 0.15) is 17.5 Å². The van der Waals surface area contributed by atoms with Crippen molar-refractivity contribution in [3.8, 4) is 0 Å². The van der Waals surface area contributed by atoms with Crippen molar-refractivity contribution >= 4 is 16.8 Å². The van der Waals surface area contributed by atoms with Crippen molar-refractivity contribution in [3.05, 3.63) is 80.3 Å². The number of ether oxygens (including phenoxy) is 1. The molecule has 34 heavy (non-hydrogen) atoms. The van der Waals surface area contributed by atoms with Gasteiger partial charge in [-0.2, -0.15) is 0 Å². The zero-order valence-electron chi connectivity index (χ0n) is 18.7. The van der Waals surface area contributed by atoms with Gasteiger partial charge in [0.05, 0.1) is 10.9 Å². The summed E-state index contributed by atoms with van der Waals surface area (Å²) in [5.41, 5.74) is -0.367. The second kappa shape index (κ2) is 11.6. The van der Waals surface area contributed by atoms with E-state index in [1.165, 1.54) is 31.3 Å². The van der Waals surface area contributed by atoms with Crippen LogP contribution in [0, 0.1) is 23.4 Å². The van der Waals surface area contributed by atoms with Crippen molar-refractivity contribution in [1.82, 2.24) is 14.9 Å². The van der Waals surface area contributed by atoms with E-state index in [0.717, 1.165) is 42.6 Å². The number of carbonyl (C=O) groups is 1. The van der Waals surface area contributed by atoms with Crippen LogP contribution in [0.5, 0.6) is 0 Å². The van der Waals surface area contributed by atoms with Gasteiger partial charge in [-0.15, -0.1) is 0 Å². The first kappa shape index (κ1) is 25.2. The van der Waals surface area contributed by atoms with Crippen LogP contribution < -0.4 is 16.6 Å². The lowest BCUT2D eigenvalue weighted by Crippen LogP contribution is -2.32. The maximum atomic E-state index is 13.4. The van der Waals surface area contributed by atoms with Gasteiger partial charge in [-0.3, -0.25) is 14.2 Å². The van der Waals surface area contributed by atoms with E-state index in [2.05, 4.69) is 10.3 Å². The van der Waals surface area contributed by atoms with Gasteiger partial charge >= 0.3 is 5.69 Å². The number of nitrogens with one attached hydrogen (secondary N) is 2. The summed E-state index contributed by atoms with van der Waals surface area (Å²) in [4.78, 5) is 36.9. The quantitative estimate of drug-likeness (QED) is 0.604. The van der Waals surface area contributed by atoms with Crippen molar-refractivity contribution in [2.45, 2.75) is 32.2 Å². The number of hydrogen-bond donors (Lipinski definition) is 2. The average molecular weight is 477 g/mol. The summed E-state index contributed by atoms with van der Waals surface area (Å²) in [6, 6.07) is 7.02. The average Bonchev–Trinajstić information content (AvgIpc) is 3.07. The Balaban J connectivity index is 0.000000202. The first-order valence-electron chi connectivity index (χ1n) is 10.9. The minimum Gasteiger partial charge on any atom is -0.381 e. The molecular formula is C24H26F3N3O4. The van der Waals surface area contributed by atoms with Crippen molar-refractivity contribution in [2.75, 3.05) is 13.2 Å². The molecule has 1 aromatic heterocycles. The summed E-state index contributed by atoms with van der Waals surface area (Å²) in [5.74, 6) is -1.64. The van der Waals surface area contributed by atoms with Gasteiger partial charge in [-0.1, -0.05) is 12.5 Å². The fourth-order valence-electron chi connectivity index (χ4n) is 3.60. The first-order chi connectivity index (χ1) is 16.2. The Labute approximate surface area is 193 Å². The van der Waals surface area contributed by atoms with E-state index in [-0.39, 0.29) is 29.3 Å². The number of rotatable bonds is 4. The molecule has 2 heterocycles. The minimum atomic E-state index is -0.636. The highest BCUT2D eigenvalue weighted by Crippen LogP contribution is 2.17. The molecule has 1 aliphatic rings. The third-order valence-electron chi connectivity index (χ3n) is 5.53. The predicted molar refractivity (Wildman–Crippen MR) is 121 cm³/mol. The number of H-pyrrole nitrogens is 1. The Kier molecular flexibility index (Phi) is 8.64. The maximum absolute atomic E-state index is 13.4. The van der Waals surface area contributed by atoms with Crippen LogP contribution in [-0.4, -0.2) is 28.7 Å². The van der Waals surface area contributed by atoms with Crippen molar-refractivity contribution < 1.29 is 22.7 Å². The monoisotopic (exact) mass is 477 g/mol. The fourth-order valence-corrected chi connectivity index (χ4v) is 3.60. The zero-order valence-corrected chi connectivity index (χ0v) is 18.7. The molecule has 0 spiro atoms. The third kappa shape index (κ3) is 6.80. The molecule has 1 fully saturated rings. The molecule has 0 radical (unpaired) electrons. The molecule has 10 heteroatoms. The Hall–Kier alpha value is -3.40. The molecule has 0 aliphatic carbocycles. The molecule has 1 saturated heterocycles. The predicted octanol–water partition coefficient (Wildman–Crippen LogP) is 3.15. The molecule has 1 amide bonds. The number of aromatic nitrogens is 2. The van der Waals surface area contributed by atoms with Crippen LogP contribution in [0.4, 0.5) is 13.2 Å². The maximum Gasteiger partial charge on any atom is 0.328 e. The van der Waals surface area contributed by atoms with Crippen LogP contribution in [0.3, 0.4) is 0 Å². The molecular weight excluding hydrogens is 451 g/mol. The second-order valence-electron chi connectivity index (χ2n) is 8.14. The smallest absolute Gasteiger partial charge is 0.328 e. The van der Waals surface area contributed by atoms with Crippen molar-refractivity contribution in [1.29, 1.82) is 0 Å². The van der Waals surface area contributed by atoms with Crippen LogP contribution in [0.15, 0.2) is 46.0 Å². The molecule has 3 aromatic rings. The van der Waals surface area contributed by atoms with Gasteiger partial charge in [-0.05, 0) is 43.0 Å². The normalized spacial score (nSPS) is 15.8. The van der Waals surface area contributed by atoms with E-state index < -0.39 is 28.7 Å². The summed E-state index contributed by atoms with van der Waals surface area (Å²) in [6.07, 6.45) is 3.49. The van der Waals surface area contributed by atoms with Gasteiger partial charge in [0, 0.05) is 44.9 Å². The van der Waals surface area contributed by atoms with Crippen LogP contribution >= 0.6 is 0 Å². The Morgan fingerprint density at radius 1 is 1.12 bits per heavy atom. The Morgan fingerprint density at radius 3 is 2.62 bits per heavy atom. The SMILES string of the molecule is Cn1c(=O)[nH]c2ccc(F)cc2c1=O.O=C(CC1CCCCOC1)NCc1ccc(F)cc1F. The standard InChI is InChI=1S/C15H19F2NO2.C9H7FN2O2/c16-13-5-4-12(14(17)8-13)9-18-15(19)7-11-3-1-2-6-20-10-11;1-12-8(13)6-4-5(10)2-3-7(6)11-9(12)14/h4-5,8,11H,1-3,6-7,9-10H2,(H,18,19);2-4H,1H3,(H,11,14). The summed E-state index contributed by atoms with van der Waals surface area (Å²) in [6.45, 7) is 1.45. The van der Waals surface area contributed by atoms with Crippen LogP contribution in [0.25, 0.3) is 10.9 Å². The van der Waals surface area contributed by atoms with Gasteiger partial charge in [0.15, 0.2) is 0 Å². The zero-order chi connectivity index (χ0) is 24.7. The lowest BCUT2D eigenvalue weighted by atomic mass is 10.00. The first-order valence-corrected chi connectivity index (χ1v) is 10.9. The van der Waals surface area contributed by atoms with Crippen molar-refractivity contribution in [3.63, 3.8) is 0 Å². The number of fused-ring (bicyclic) bond motifs is 1. The molecule has 1 atom stereocenters. The molecule has 2 aromatic carbocycles. The van der Waals surface area contributed by atoms with Crippen LogP contribution in [0.2, 0.25) is 0 Å². The number of nitrogens with zero attached hydrogens (tertiary/aromatic N) is 1. The van der Waals surface area contributed by atoms with Crippen LogP contribution in [-0.2, 0) is 23.1 Å².